The summed E-state index contributed by atoms with van der Waals surface area (Å²) in [6.07, 6.45) is 2.93. The number of nitrogens with one attached hydrogen (secondary N) is 1. The van der Waals surface area contributed by atoms with E-state index in [1.165, 1.54) is 6.20 Å². The second kappa shape index (κ2) is 10.2. The lowest BCUT2D eigenvalue weighted by molar-refractivity contribution is -0.123. The molecule has 2 aromatic carbocycles. The number of amides is 2. The molecule has 3 aromatic rings. The average Bonchev–Trinajstić information content (AvgIpc) is 2.83. The Bertz CT molecular complexity index is 1220. The van der Waals surface area contributed by atoms with Gasteiger partial charge in [0, 0.05) is 18.4 Å². The Balaban J connectivity index is 1.67. The third kappa shape index (κ3) is 5.57. The number of aryl methyl sites for hydroxylation is 1. The zero-order valence-corrected chi connectivity index (χ0v) is 21.5. The molecule has 0 spiro atoms. The predicted octanol–water partition coefficient (Wildman–Crippen LogP) is 6.57. The summed E-state index contributed by atoms with van der Waals surface area (Å²) in [6, 6.07) is 19.1. The van der Waals surface area contributed by atoms with E-state index in [1.807, 2.05) is 55.5 Å². The zero-order valence-electron chi connectivity index (χ0n) is 20.7. The number of likely N-dealkylation sites (tertiary alicyclic amines) is 1. The first-order valence-corrected chi connectivity index (χ1v) is 12.4. The molecule has 1 saturated heterocycles. The highest BCUT2D eigenvalue weighted by molar-refractivity contribution is 6.30. The third-order valence-electron chi connectivity index (χ3n) is 6.61. The fraction of sp³-hybridized carbons (Fsp3) is 0.345. The number of hydrogen-bond donors (Lipinski definition) is 1. The fourth-order valence-corrected chi connectivity index (χ4v) is 4.97. The van der Waals surface area contributed by atoms with Gasteiger partial charge in [0.25, 0.3) is 5.91 Å². The standard InChI is InChI=1S/C29H32ClN3O2/c1-19-16-22(30)18-31-25(19)28(35)33-15-9-14-24(26(33)20-10-6-5-7-11-20)27(34)32-23-13-8-12-21(17-23)29(2,3)4/h5-8,10-13,16-18,24,26H,9,14-15H2,1-4H3,(H,32,34). The van der Waals surface area contributed by atoms with Crippen molar-refractivity contribution in [2.24, 2.45) is 5.92 Å². The van der Waals surface area contributed by atoms with Gasteiger partial charge in [0.05, 0.1) is 17.0 Å². The minimum atomic E-state index is -0.389. The summed E-state index contributed by atoms with van der Waals surface area (Å²) >= 11 is 6.07. The molecule has 2 heterocycles. The number of carbonyl (C=O) groups is 2. The lowest BCUT2D eigenvalue weighted by atomic mass is 9.83. The van der Waals surface area contributed by atoms with E-state index in [1.54, 1.807) is 11.0 Å². The molecule has 5 nitrogen and oxygen atoms in total. The van der Waals surface area contributed by atoms with Crippen LogP contribution in [-0.4, -0.2) is 28.2 Å². The quantitative estimate of drug-likeness (QED) is 0.450. The number of aromatic nitrogens is 1. The minimum Gasteiger partial charge on any atom is -0.329 e. The van der Waals surface area contributed by atoms with Gasteiger partial charge in [0.2, 0.25) is 5.91 Å². The molecule has 4 rings (SSSR count). The van der Waals surface area contributed by atoms with Crippen LogP contribution in [0.2, 0.25) is 5.02 Å². The molecule has 2 unspecified atom stereocenters. The van der Waals surface area contributed by atoms with Crippen molar-refractivity contribution in [1.29, 1.82) is 0 Å². The topological polar surface area (TPSA) is 62.3 Å². The maximum Gasteiger partial charge on any atom is 0.273 e. The molecular formula is C29H32ClN3O2. The Kier molecular flexibility index (Phi) is 7.27. The Hall–Kier alpha value is -3.18. The highest BCUT2D eigenvalue weighted by Crippen LogP contribution is 2.38. The van der Waals surface area contributed by atoms with E-state index in [0.717, 1.165) is 28.8 Å². The van der Waals surface area contributed by atoms with Gasteiger partial charge in [0.15, 0.2) is 0 Å². The smallest absolute Gasteiger partial charge is 0.273 e. The van der Waals surface area contributed by atoms with Gasteiger partial charge in [-0.1, -0.05) is 74.8 Å². The van der Waals surface area contributed by atoms with Crippen LogP contribution in [0.25, 0.3) is 0 Å². The molecule has 1 aromatic heterocycles. The molecular weight excluding hydrogens is 458 g/mol. The van der Waals surface area contributed by atoms with E-state index in [2.05, 4.69) is 37.1 Å². The molecule has 2 amide bonds. The number of halogens is 1. The van der Waals surface area contributed by atoms with E-state index in [4.69, 9.17) is 11.6 Å². The van der Waals surface area contributed by atoms with Crippen molar-refractivity contribution in [3.05, 3.63) is 94.3 Å². The van der Waals surface area contributed by atoms with Crippen molar-refractivity contribution in [3.63, 3.8) is 0 Å². The highest BCUT2D eigenvalue weighted by Gasteiger charge is 2.40. The first-order chi connectivity index (χ1) is 16.6. The van der Waals surface area contributed by atoms with Crippen molar-refractivity contribution in [3.8, 4) is 0 Å². The molecule has 1 fully saturated rings. The normalized spacial score (nSPS) is 18.3. The summed E-state index contributed by atoms with van der Waals surface area (Å²) < 4.78 is 0. The Labute approximate surface area is 212 Å². The number of carbonyl (C=O) groups excluding carboxylic acids is 2. The maximum atomic E-state index is 13.7. The van der Waals surface area contributed by atoms with Gasteiger partial charge in [-0.2, -0.15) is 0 Å². The van der Waals surface area contributed by atoms with Crippen LogP contribution in [0.1, 0.15) is 66.8 Å². The molecule has 0 bridgehead atoms. The van der Waals surface area contributed by atoms with Crippen molar-refractivity contribution < 1.29 is 9.59 Å². The van der Waals surface area contributed by atoms with Gasteiger partial charge in [-0.05, 0) is 60.1 Å². The van der Waals surface area contributed by atoms with E-state index >= 15 is 0 Å². The van der Waals surface area contributed by atoms with Crippen LogP contribution in [0.15, 0.2) is 66.9 Å². The molecule has 6 heteroatoms. The van der Waals surface area contributed by atoms with Crippen LogP contribution < -0.4 is 5.32 Å². The van der Waals surface area contributed by atoms with Gasteiger partial charge in [0.1, 0.15) is 5.69 Å². The van der Waals surface area contributed by atoms with E-state index in [-0.39, 0.29) is 29.2 Å². The minimum absolute atomic E-state index is 0.0230. The van der Waals surface area contributed by atoms with Gasteiger partial charge in [-0.15, -0.1) is 0 Å². The van der Waals surface area contributed by atoms with Crippen LogP contribution >= 0.6 is 11.6 Å². The number of benzene rings is 2. The SMILES string of the molecule is Cc1cc(Cl)cnc1C(=O)N1CCCC(C(=O)Nc2cccc(C(C)(C)C)c2)C1c1ccccc1. The van der Waals surface area contributed by atoms with E-state index < -0.39 is 0 Å². The molecule has 35 heavy (non-hydrogen) atoms. The number of hydrogen-bond acceptors (Lipinski definition) is 3. The molecule has 1 aliphatic rings. The van der Waals surface area contributed by atoms with Gasteiger partial charge >= 0.3 is 0 Å². The molecule has 1 aliphatic heterocycles. The number of rotatable bonds is 4. The maximum absolute atomic E-state index is 13.7. The van der Waals surface area contributed by atoms with Crippen LogP contribution in [0.3, 0.4) is 0 Å². The molecule has 1 N–H and O–H groups in total. The van der Waals surface area contributed by atoms with E-state index in [9.17, 15) is 9.59 Å². The Morgan fingerprint density at radius 2 is 1.80 bits per heavy atom. The van der Waals surface area contributed by atoms with Gasteiger partial charge in [-0.3, -0.25) is 9.59 Å². The average molecular weight is 490 g/mol. The lowest BCUT2D eigenvalue weighted by Gasteiger charge is -2.41. The molecule has 0 radical (unpaired) electrons. The summed E-state index contributed by atoms with van der Waals surface area (Å²) in [5, 5.41) is 3.62. The largest absolute Gasteiger partial charge is 0.329 e. The third-order valence-corrected chi connectivity index (χ3v) is 6.82. The van der Waals surface area contributed by atoms with Crippen molar-refractivity contribution >= 4 is 29.1 Å². The summed E-state index contributed by atoms with van der Waals surface area (Å²) in [4.78, 5) is 33.5. The Morgan fingerprint density at radius 1 is 1.06 bits per heavy atom. The number of anilines is 1. The first kappa shape index (κ1) is 24.9. The summed E-state index contributed by atoms with van der Waals surface area (Å²) in [6.45, 7) is 8.84. The van der Waals surface area contributed by atoms with Crippen LogP contribution in [0.5, 0.6) is 0 Å². The second-order valence-electron chi connectivity index (χ2n) is 10.2. The lowest BCUT2D eigenvalue weighted by Crippen LogP contribution is -2.46. The number of nitrogens with zero attached hydrogens (tertiary/aromatic N) is 2. The van der Waals surface area contributed by atoms with Crippen molar-refractivity contribution in [1.82, 2.24) is 9.88 Å². The predicted molar refractivity (Wildman–Crippen MR) is 141 cm³/mol. The Morgan fingerprint density at radius 3 is 2.49 bits per heavy atom. The summed E-state index contributed by atoms with van der Waals surface area (Å²) in [7, 11) is 0. The van der Waals surface area contributed by atoms with Crippen LogP contribution in [0, 0.1) is 12.8 Å². The second-order valence-corrected chi connectivity index (χ2v) is 10.7. The van der Waals surface area contributed by atoms with Crippen molar-refractivity contribution in [2.45, 2.75) is 52.0 Å². The first-order valence-electron chi connectivity index (χ1n) is 12.0. The zero-order chi connectivity index (χ0) is 25.2. The summed E-state index contributed by atoms with van der Waals surface area (Å²) in [5.41, 5.74) is 3.93. The molecule has 182 valence electrons. The highest BCUT2D eigenvalue weighted by atomic mass is 35.5. The van der Waals surface area contributed by atoms with Gasteiger partial charge < -0.3 is 10.2 Å². The van der Waals surface area contributed by atoms with E-state index in [0.29, 0.717) is 23.7 Å². The van der Waals surface area contributed by atoms with Crippen LogP contribution in [0.4, 0.5) is 5.69 Å². The molecule has 0 aliphatic carbocycles. The molecule has 2 atom stereocenters. The monoisotopic (exact) mass is 489 g/mol. The molecule has 0 saturated carbocycles. The van der Waals surface area contributed by atoms with Crippen molar-refractivity contribution in [2.75, 3.05) is 11.9 Å². The fourth-order valence-electron chi connectivity index (χ4n) is 4.76. The number of piperidine rings is 1. The van der Waals surface area contributed by atoms with Crippen LogP contribution in [-0.2, 0) is 10.2 Å². The number of pyridine rings is 1. The van der Waals surface area contributed by atoms with Gasteiger partial charge in [-0.25, -0.2) is 4.98 Å². The summed E-state index contributed by atoms with van der Waals surface area (Å²) in [5.74, 6) is -0.649.